The highest BCUT2D eigenvalue weighted by atomic mass is 16.2. The Hall–Kier alpha value is -1.46. The van der Waals surface area contributed by atoms with Crippen LogP contribution in [0.5, 0.6) is 0 Å². The summed E-state index contributed by atoms with van der Waals surface area (Å²) in [6.45, 7) is 4.61. The van der Waals surface area contributed by atoms with E-state index in [4.69, 9.17) is 0 Å². The Morgan fingerprint density at radius 3 is 3.17 bits per heavy atom. The van der Waals surface area contributed by atoms with Crippen LogP contribution in [0.2, 0.25) is 0 Å². The molecule has 2 unspecified atom stereocenters. The van der Waals surface area contributed by atoms with E-state index in [1.54, 1.807) is 13.2 Å². The fourth-order valence-electron chi connectivity index (χ4n) is 2.41. The lowest BCUT2D eigenvalue weighted by atomic mass is 10.0. The summed E-state index contributed by atoms with van der Waals surface area (Å²) in [5.41, 5.74) is 1.15. The van der Waals surface area contributed by atoms with Gasteiger partial charge in [0.05, 0.1) is 0 Å². The van der Waals surface area contributed by atoms with Crippen molar-refractivity contribution in [2.24, 2.45) is 0 Å². The van der Waals surface area contributed by atoms with Crippen molar-refractivity contribution in [2.75, 3.05) is 26.7 Å². The first kappa shape index (κ1) is 13.0. The molecule has 1 aromatic heterocycles. The minimum atomic E-state index is -0.112. The van der Waals surface area contributed by atoms with Gasteiger partial charge < -0.3 is 10.6 Å². The molecule has 5 heteroatoms. The summed E-state index contributed by atoms with van der Waals surface area (Å²) in [6.07, 6.45) is 3.64. The van der Waals surface area contributed by atoms with Gasteiger partial charge in [-0.2, -0.15) is 0 Å². The largest absolute Gasteiger partial charge is 0.358 e. The topological polar surface area (TPSA) is 57.3 Å². The van der Waals surface area contributed by atoms with E-state index in [1.165, 1.54) is 0 Å². The van der Waals surface area contributed by atoms with Crippen LogP contribution in [0.25, 0.3) is 0 Å². The third kappa shape index (κ3) is 2.68. The minimum absolute atomic E-state index is 0.0675. The van der Waals surface area contributed by atoms with Gasteiger partial charge in [-0.25, -0.2) is 0 Å². The molecule has 0 spiro atoms. The van der Waals surface area contributed by atoms with Gasteiger partial charge in [0.2, 0.25) is 5.91 Å². The number of pyridine rings is 1. The zero-order valence-electron chi connectivity index (χ0n) is 10.9. The number of nitrogens with zero attached hydrogens (tertiary/aromatic N) is 2. The molecule has 2 heterocycles. The minimum Gasteiger partial charge on any atom is -0.358 e. The molecule has 1 aliphatic heterocycles. The van der Waals surface area contributed by atoms with Crippen LogP contribution in [-0.2, 0) is 4.79 Å². The predicted molar refractivity (Wildman–Crippen MR) is 70.1 cm³/mol. The van der Waals surface area contributed by atoms with Crippen molar-refractivity contribution in [3.05, 3.63) is 30.1 Å². The summed E-state index contributed by atoms with van der Waals surface area (Å²) in [4.78, 5) is 18.3. The molecule has 2 rings (SSSR count). The molecule has 1 saturated heterocycles. The van der Waals surface area contributed by atoms with Gasteiger partial charge in [0, 0.05) is 45.1 Å². The molecule has 0 saturated carbocycles. The van der Waals surface area contributed by atoms with Gasteiger partial charge >= 0.3 is 0 Å². The molecule has 1 aliphatic rings. The zero-order chi connectivity index (χ0) is 13.0. The fraction of sp³-hybridized carbons (Fsp3) is 0.538. The van der Waals surface area contributed by atoms with Crippen LogP contribution in [0.4, 0.5) is 0 Å². The average Bonchev–Trinajstić information content (AvgIpc) is 2.46. The Morgan fingerprint density at radius 1 is 1.67 bits per heavy atom. The number of hydrogen-bond acceptors (Lipinski definition) is 4. The van der Waals surface area contributed by atoms with Crippen molar-refractivity contribution in [1.29, 1.82) is 0 Å². The number of hydrogen-bond donors (Lipinski definition) is 2. The summed E-state index contributed by atoms with van der Waals surface area (Å²) in [6, 6.07) is 4.07. The van der Waals surface area contributed by atoms with Crippen molar-refractivity contribution < 1.29 is 4.79 Å². The van der Waals surface area contributed by atoms with Crippen molar-refractivity contribution >= 4 is 5.91 Å². The SMILES string of the molecule is CNC(=O)C1CNCCN1C(C)c1cccnc1. The Balaban J connectivity index is 2.16. The van der Waals surface area contributed by atoms with Crippen molar-refractivity contribution in [3.63, 3.8) is 0 Å². The van der Waals surface area contributed by atoms with E-state index in [9.17, 15) is 4.79 Å². The molecule has 0 bridgehead atoms. The van der Waals surface area contributed by atoms with Crippen molar-refractivity contribution in [2.45, 2.75) is 19.0 Å². The average molecular weight is 248 g/mol. The van der Waals surface area contributed by atoms with Crippen LogP contribution in [0.1, 0.15) is 18.5 Å². The monoisotopic (exact) mass is 248 g/mol. The molecule has 2 atom stereocenters. The molecule has 1 aromatic rings. The van der Waals surface area contributed by atoms with Crippen molar-refractivity contribution in [1.82, 2.24) is 20.5 Å². The highest BCUT2D eigenvalue weighted by Gasteiger charge is 2.31. The lowest BCUT2D eigenvalue weighted by Gasteiger charge is -2.39. The Labute approximate surface area is 108 Å². The molecule has 5 nitrogen and oxygen atoms in total. The van der Waals surface area contributed by atoms with Crippen LogP contribution >= 0.6 is 0 Å². The number of amides is 1. The zero-order valence-corrected chi connectivity index (χ0v) is 10.9. The van der Waals surface area contributed by atoms with Crippen LogP contribution < -0.4 is 10.6 Å². The summed E-state index contributed by atoms with van der Waals surface area (Å²) >= 11 is 0. The number of rotatable bonds is 3. The summed E-state index contributed by atoms with van der Waals surface area (Å²) in [7, 11) is 1.68. The molecule has 98 valence electrons. The third-order valence-electron chi connectivity index (χ3n) is 3.50. The van der Waals surface area contributed by atoms with E-state index in [2.05, 4.69) is 33.5 Å². The Kier molecular flexibility index (Phi) is 4.28. The van der Waals surface area contributed by atoms with Gasteiger partial charge in [-0.3, -0.25) is 14.7 Å². The smallest absolute Gasteiger partial charge is 0.238 e. The lowest BCUT2D eigenvalue weighted by Crippen LogP contribution is -2.57. The van der Waals surface area contributed by atoms with E-state index in [0.29, 0.717) is 6.54 Å². The van der Waals surface area contributed by atoms with Gasteiger partial charge in [0.1, 0.15) is 6.04 Å². The first-order valence-electron chi connectivity index (χ1n) is 6.32. The van der Waals surface area contributed by atoms with Gasteiger partial charge in [-0.15, -0.1) is 0 Å². The number of piperazine rings is 1. The summed E-state index contributed by atoms with van der Waals surface area (Å²) < 4.78 is 0. The van der Waals surface area contributed by atoms with E-state index in [-0.39, 0.29) is 18.0 Å². The molecule has 2 N–H and O–H groups in total. The second-order valence-electron chi connectivity index (χ2n) is 4.53. The number of carbonyl (C=O) groups excluding carboxylic acids is 1. The van der Waals surface area contributed by atoms with E-state index in [0.717, 1.165) is 18.7 Å². The second kappa shape index (κ2) is 5.93. The van der Waals surface area contributed by atoms with E-state index in [1.807, 2.05) is 12.3 Å². The molecular weight excluding hydrogens is 228 g/mol. The van der Waals surface area contributed by atoms with E-state index >= 15 is 0 Å². The molecular formula is C13H20N4O. The van der Waals surface area contributed by atoms with Gasteiger partial charge in [0.15, 0.2) is 0 Å². The van der Waals surface area contributed by atoms with Crippen LogP contribution in [0.15, 0.2) is 24.5 Å². The molecule has 0 aromatic carbocycles. The lowest BCUT2D eigenvalue weighted by molar-refractivity contribution is -0.127. The molecule has 1 amide bonds. The Bertz CT molecular complexity index is 395. The standard InChI is InChI=1S/C13H20N4O/c1-10(11-4-3-5-15-8-11)17-7-6-16-9-12(17)13(18)14-2/h3-5,8,10,12,16H,6-7,9H2,1-2H3,(H,14,18). The maximum Gasteiger partial charge on any atom is 0.238 e. The maximum atomic E-state index is 11.9. The number of nitrogens with one attached hydrogen (secondary N) is 2. The van der Waals surface area contributed by atoms with Crippen LogP contribution in [-0.4, -0.2) is 48.5 Å². The van der Waals surface area contributed by atoms with Crippen LogP contribution in [0, 0.1) is 0 Å². The number of aromatic nitrogens is 1. The van der Waals surface area contributed by atoms with Gasteiger partial charge in [0.25, 0.3) is 0 Å². The van der Waals surface area contributed by atoms with Gasteiger partial charge in [-0.05, 0) is 18.6 Å². The second-order valence-corrected chi connectivity index (χ2v) is 4.53. The molecule has 1 fully saturated rings. The normalized spacial score (nSPS) is 22.4. The molecule has 18 heavy (non-hydrogen) atoms. The number of carbonyl (C=O) groups is 1. The van der Waals surface area contributed by atoms with E-state index < -0.39 is 0 Å². The summed E-state index contributed by atoms with van der Waals surface area (Å²) in [5, 5.41) is 6.00. The molecule has 0 radical (unpaired) electrons. The first-order chi connectivity index (χ1) is 8.74. The number of likely N-dealkylation sites (N-methyl/N-ethyl adjacent to an activating group) is 1. The van der Waals surface area contributed by atoms with Crippen molar-refractivity contribution in [3.8, 4) is 0 Å². The fourth-order valence-corrected chi connectivity index (χ4v) is 2.41. The van der Waals surface area contributed by atoms with Gasteiger partial charge in [-0.1, -0.05) is 6.07 Å². The quantitative estimate of drug-likeness (QED) is 0.800. The highest BCUT2D eigenvalue weighted by Crippen LogP contribution is 2.22. The Morgan fingerprint density at radius 2 is 2.50 bits per heavy atom. The first-order valence-corrected chi connectivity index (χ1v) is 6.32. The highest BCUT2D eigenvalue weighted by molar-refractivity contribution is 5.81. The maximum absolute atomic E-state index is 11.9. The summed E-state index contributed by atoms with van der Waals surface area (Å²) in [5.74, 6) is 0.0675. The predicted octanol–water partition coefficient (Wildman–Crippen LogP) is 0.162. The third-order valence-corrected chi connectivity index (χ3v) is 3.50. The van der Waals surface area contributed by atoms with Crippen LogP contribution in [0.3, 0.4) is 0 Å². The molecule has 0 aliphatic carbocycles.